The third-order valence-electron chi connectivity index (χ3n) is 5.17. The third-order valence-corrected chi connectivity index (χ3v) is 5.50. The summed E-state index contributed by atoms with van der Waals surface area (Å²) in [5.41, 5.74) is 4.16. The van der Waals surface area contributed by atoms with Crippen LogP contribution in [0.5, 0.6) is 5.75 Å². The lowest BCUT2D eigenvalue weighted by Gasteiger charge is -2.18. The predicted octanol–water partition coefficient (Wildman–Crippen LogP) is 4.81. The Morgan fingerprint density at radius 1 is 1.09 bits per heavy atom. The first kappa shape index (κ1) is 23.2. The molecule has 7 nitrogen and oxygen atoms in total. The Hall–Kier alpha value is -3.42. The molecule has 2 unspecified atom stereocenters. The number of rotatable bonds is 8. The Balaban J connectivity index is 1.62. The van der Waals surface area contributed by atoms with Crippen LogP contribution in [0.3, 0.4) is 0 Å². The van der Waals surface area contributed by atoms with Crippen molar-refractivity contribution in [3.05, 3.63) is 77.4 Å². The summed E-state index contributed by atoms with van der Waals surface area (Å²) in [5, 5.41) is 12.1. The number of halogens is 1. The van der Waals surface area contributed by atoms with Crippen LogP contribution in [0, 0.1) is 11.8 Å². The second kappa shape index (κ2) is 10.7. The van der Waals surface area contributed by atoms with Crippen LogP contribution < -0.4 is 15.5 Å². The zero-order chi connectivity index (χ0) is 23.1. The van der Waals surface area contributed by atoms with Crippen LogP contribution in [0.2, 0.25) is 5.02 Å². The number of carbonyl (C=O) groups excluding carboxylic acids is 2. The van der Waals surface area contributed by atoms with Gasteiger partial charge in [0.15, 0.2) is 0 Å². The summed E-state index contributed by atoms with van der Waals surface area (Å²) in [6.45, 7) is 3.86. The second-order valence-corrected chi connectivity index (χ2v) is 7.85. The Morgan fingerprint density at radius 3 is 2.50 bits per heavy atom. The number of hydrogen-bond donors (Lipinski definition) is 3. The summed E-state index contributed by atoms with van der Waals surface area (Å²) < 4.78 is 5.70. The third kappa shape index (κ3) is 5.84. The van der Waals surface area contributed by atoms with Crippen molar-refractivity contribution >= 4 is 29.1 Å². The number of benzene rings is 2. The van der Waals surface area contributed by atoms with E-state index in [2.05, 4.69) is 10.3 Å². The van der Waals surface area contributed by atoms with Crippen molar-refractivity contribution in [1.29, 1.82) is 0 Å². The minimum atomic E-state index is -0.457. The van der Waals surface area contributed by atoms with Crippen LogP contribution in [0.25, 0.3) is 11.3 Å². The van der Waals surface area contributed by atoms with E-state index < -0.39 is 11.8 Å². The fourth-order valence-corrected chi connectivity index (χ4v) is 3.17. The van der Waals surface area contributed by atoms with Crippen molar-refractivity contribution in [2.45, 2.75) is 13.8 Å². The largest absolute Gasteiger partial charge is 0.493 e. The second-order valence-electron chi connectivity index (χ2n) is 7.44. The topological polar surface area (TPSA) is 101 Å². The molecule has 0 aliphatic carbocycles. The fraction of sp³-hybridized carbons (Fsp3) is 0.208. The molecule has 0 aliphatic heterocycles. The quantitative estimate of drug-likeness (QED) is 0.335. The zero-order valence-corrected chi connectivity index (χ0v) is 18.5. The molecule has 3 aromatic rings. The van der Waals surface area contributed by atoms with E-state index in [1.807, 2.05) is 25.1 Å². The van der Waals surface area contributed by atoms with Crippen molar-refractivity contribution in [3.63, 3.8) is 0 Å². The number of ether oxygens (including phenoxy) is 1. The van der Waals surface area contributed by atoms with Crippen molar-refractivity contribution in [1.82, 2.24) is 10.5 Å². The SMILES string of the molecule is CC(COc1ccc(C(=O)Nc2ccc(Cl)c(-c3ccccn3)c2)cc1)C(C)C(=O)NO. The molecule has 0 bridgehead atoms. The van der Waals surface area contributed by atoms with Gasteiger partial charge in [-0.3, -0.25) is 19.8 Å². The number of hydroxylamine groups is 1. The van der Waals surface area contributed by atoms with E-state index in [1.165, 1.54) is 0 Å². The summed E-state index contributed by atoms with van der Waals surface area (Å²) in [6, 6.07) is 17.5. The Kier molecular flexibility index (Phi) is 7.81. The zero-order valence-electron chi connectivity index (χ0n) is 17.7. The van der Waals surface area contributed by atoms with Gasteiger partial charge in [-0.15, -0.1) is 0 Å². The maximum absolute atomic E-state index is 12.7. The van der Waals surface area contributed by atoms with E-state index in [4.69, 9.17) is 21.5 Å². The highest BCUT2D eigenvalue weighted by Crippen LogP contribution is 2.29. The van der Waals surface area contributed by atoms with Gasteiger partial charge < -0.3 is 10.1 Å². The van der Waals surface area contributed by atoms with Gasteiger partial charge in [0.05, 0.1) is 17.3 Å². The highest BCUT2D eigenvalue weighted by molar-refractivity contribution is 6.33. The maximum Gasteiger partial charge on any atom is 0.255 e. The molecular weight excluding hydrogens is 430 g/mol. The van der Waals surface area contributed by atoms with Gasteiger partial charge in [-0.05, 0) is 54.6 Å². The number of anilines is 1. The molecule has 2 aromatic carbocycles. The van der Waals surface area contributed by atoms with E-state index in [0.29, 0.717) is 28.6 Å². The van der Waals surface area contributed by atoms with Crippen LogP contribution in [0.4, 0.5) is 5.69 Å². The molecule has 2 amide bonds. The monoisotopic (exact) mass is 453 g/mol. The van der Waals surface area contributed by atoms with Crippen LogP contribution in [-0.2, 0) is 4.79 Å². The van der Waals surface area contributed by atoms with Gasteiger partial charge in [0.2, 0.25) is 5.91 Å². The van der Waals surface area contributed by atoms with Crippen LogP contribution in [-0.4, -0.2) is 28.6 Å². The molecule has 166 valence electrons. The minimum absolute atomic E-state index is 0.108. The number of nitrogens with one attached hydrogen (secondary N) is 2. The molecule has 1 aromatic heterocycles. The Morgan fingerprint density at radius 2 is 1.84 bits per heavy atom. The van der Waals surface area contributed by atoms with Crippen LogP contribution in [0.15, 0.2) is 66.9 Å². The van der Waals surface area contributed by atoms with E-state index in [-0.39, 0.29) is 11.8 Å². The first-order valence-corrected chi connectivity index (χ1v) is 10.5. The first-order valence-electron chi connectivity index (χ1n) is 10.1. The molecule has 1 heterocycles. The van der Waals surface area contributed by atoms with Gasteiger partial charge in [-0.1, -0.05) is 31.5 Å². The molecule has 2 atom stereocenters. The summed E-state index contributed by atoms with van der Waals surface area (Å²) in [5.74, 6) is -0.661. The van der Waals surface area contributed by atoms with Crippen molar-refractivity contribution in [2.75, 3.05) is 11.9 Å². The molecular formula is C24H24ClN3O4. The summed E-state index contributed by atoms with van der Waals surface area (Å²) in [6.07, 6.45) is 1.68. The molecule has 32 heavy (non-hydrogen) atoms. The highest BCUT2D eigenvalue weighted by Gasteiger charge is 2.20. The lowest BCUT2D eigenvalue weighted by atomic mass is 9.96. The van der Waals surface area contributed by atoms with E-state index in [1.54, 1.807) is 61.1 Å². The van der Waals surface area contributed by atoms with Gasteiger partial charge >= 0.3 is 0 Å². The van der Waals surface area contributed by atoms with Crippen LogP contribution >= 0.6 is 11.6 Å². The average Bonchev–Trinajstić information content (AvgIpc) is 2.83. The summed E-state index contributed by atoms with van der Waals surface area (Å²) in [4.78, 5) is 28.4. The first-order chi connectivity index (χ1) is 15.4. The van der Waals surface area contributed by atoms with Gasteiger partial charge in [-0.2, -0.15) is 0 Å². The smallest absolute Gasteiger partial charge is 0.255 e. The number of amides is 2. The Bertz CT molecular complexity index is 1070. The molecule has 0 fully saturated rings. The van der Waals surface area contributed by atoms with Gasteiger partial charge in [-0.25, -0.2) is 5.48 Å². The maximum atomic E-state index is 12.7. The van der Waals surface area contributed by atoms with Crippen molar-refractivity contribution < 1.29 is 19.5 Å². The molecule has 0 saturated carbocycles. The minimum Gasteiger partial charge on any atom is -0.493 e. The van der Waals surface area contributed by atoms with Crippen molar-refractivity contribution in [2.24, 2.45) is 11.8 Å². The van der Waals surface area contributed by atoms with E-state index in [9.17, 15) is 9.59 Å². The van der Waals surface area contributed by atoms with Gasteiger partial charge in [0, 0.05) is 34.8 Å². The lowest BCUT2D eigenvalue weighted by Crippen LogP contribution is -2.32. The molecule has 0 aliphatic rings. The molecule has 0 spiro atoms. The number of hydrogen-bond acceptors (Lipinski definition) is 5. The molecule has 3 N–H and O–H groups in total. The van der Waals surface area contributed by atoms with Gasteiger partial charge in [0.1, 0.15) is 5.75 Å². The predicted molar refractivity (Wildman–Crippen MR) is 123 cm³/mol. The summed E-state index contributed by atoms with van der Waals surface area (Å²) in [7, 11) is 0. The normalized spacial score (nSPS) is 12.5. The average molecular weight is 454 g/mol. The summed E-state index contributed by atoms with van der Waals surface area (Å²) >= 11 is 6.30. The number of carbonyl (C=O) groups is 2. The number of pyridine rings is 1. The van der Waals surface area contributed by atoms with Crippen molar-refractivity contribution in [3.8, 4) is 17.0 Å². The molecule has 3 rings (SSSR count). The highest BCUT2D eigenvalue weighted by atomic mass is 35.5. The molecule has 0 saturated heterocycles. The van der Waals surface area contributed by atoms with E-state index >= 15 is 0 Å². The molecule has 8 heteroatoms. The fourth-order valence-electron chi connectivity index (χ4n) is 2.96. The van der Waals surface area contributed by atoms with E-state index in [0.717, 1.165) is 11.3 Å². The standard InChI is InChI=1S/C24H24ClN3O4/c1-15(16(2)23(29)28-31)14-32-19-9-6-17(7-10-19)24(30)27-18-8-11-21(25)20(13-18)22-5-3-4-12-26-22/h3-13,15-16,31H,14H2,1-2H3,(H,27,30)(H,28,29). The number of aromatic nitrogens is 1. The molecule has 0 radical (unpaired) electrons. The lowest BCUT2D eigenvalue weighted by molar-refractivity contribution is -0.134. The Labute approximate surface area is 191 Å². The number of nitrogens with zero attached hydrogens (tertiary/aromatic N) is 1. The van der Waals surface area contributed by atoms with Gasteiger partial charge in [0.25, 0.3) is 5.91 Å². The van der Waals surface area contributed by atoms with Crippen LogP contribution in [0.1, 0.15) is 24.2 Å².